The van der Waals surface area contributed by atoms with Crippen LogP contribution in [0.15, 0.2) is 36.4 Å². The van der Waals surface area contributed by atoms with Crippen LogP contribution in [0.3, 0.4) is 0 Å². The number of esters is 1. The zero-order valence-corrected chi connectivity index (χ0v) is 15.7. The summed E-state index contributed by atoms with van der Waals surface area (Å²) in [5.41, 5.74) is 8.59. The van der Waals surface area contributed by atoms with Crippen molar-refractivity contribution < 1.29 is 19.1 Å². The maximum Gasteiger partial charge on any atom is 0.338 e. The molecular formula is C19H20ClN3O4. The largest absolute Gasteiger partial charge is 0.452 e. The van der Waals surface area contributed by atoms with Gasteiger partial charge >= 0.3 is 5.97 Å². The summed E-state index contributed by atoms with van der Waals surface area (Å²) in [6.07, 6.45) is 0. The molecule has 8 heteroatoms. The lowest BCUT2D eigenvalue weighted by Crippen LogP contribution is -2.35. The first-order valence-corrected chi connectivity index (χ1v) is 8.50. The number of nitrogens with two attached hydrogens (primary N) is 1. The van der Waals surface area contributed by atoms with Crippen LogP contribution >= 0.6 is 11.6 Å². The molecule has 0 heterocycles. The number of para-hydroxylation sites is 1. The molecule has 0 bridgehead atoms. The van der Waals surface area contributed by atoms with Gasteiger partial charge in [0.2, 0.25) is 5.91 Å². The van der Waals surface area contributed by atoms with E-state index in [1.807, 2.05) is 32.0 Å². The van der Waals surface area contributed by atoms with Crippen molar-refractivity contribution in [3.05, 3.63) is 58.1 Å². The highest BCUT2D eigenvalue weighted by molar-refractivity contribution is 6.33. The van der Waals surface area contributed by atoms with E-state index in [9.17, 15) is 14.4 Å². The van der Waals surface area contributed by atoms with Crippen molar-refractivity contribution in [2.24, 2.45) is 0 Å². The number of carbonyl (C=O) groups excluding carboxylic acids is 3. The van der Waals surface area contributed by atoms with Gasteiger partial charge in [0.05, 0.1) is 22.8 Å². The Morgan fingerprint density at radius 2 is 1.74 bits per heavy atom. The summed E-state index contributed by atoms with van der Waals surface area (Å²) < 4.78 is 4.89. The topological polar surface area (TPSA) is 111 Å². The van der Waals surface area contributed by atoms with E-state index in [0.29, 0.717) is 10.7 Å². The standard InChI is InChI=1S/C19H20ClN3O4/c1-11-4-3-5-12(2)18(11)23-16(24)9-22-17(25)10-27-19(26)13-6-7-14(20)15(21)8-13/h3-8H,9-10,21H2,1-2H3,(H,22,25)(H,23,24). The van der Waals surface area contributed by atoms with Gasteiger partial charge in [0, 0.05) is 5.69 Å². The number of hydrogen-bond donors (Lipinski definition) is 3. The molecule has 142 valence electrons. The minimum absolute atomic E-state index is 0.178. The number of carbonyl (C=O) groups is 3. The number of amides is 2. The second kappa shape index (κ2) is 9.05. The van der Waals surface area contributed by atoms with E-state index in [4.69, 9.17) is 22.1 Å². The van der Waals surface area contributed by atoms with Gasteiger partial charge in [-0.3, -0.25) is 9.59 Å². The Morgan fingerprint density at radius 1 is 1.07 bits per heavy atom. The summed E-state index contributed by atoms with van der Waals surface area (Å²) >= 11 is 5.78. The SMILES string of the molecule is Cc1cccc(C)c1NC(=O)CNC(=O)COC(=O)c1ccc(Cl)c(N)c1. The van der Waals surface area contributed by atoms with Crippen molar-refractivity contribution in [2.45, 2.75) is 13.8 Å². The summed E-state index contributed by atoms with van der Waals surface area (Å²) in [7, 11) is 0. The molecule has 27 heavy (non-hydrogen) atoms. The van der Waals surface area contributed by atoms with Gasteiger partial charge in [-0.1, -0.05) is 29.8 Å². The summed E-state index contributed by atoms with van der Waals surface area (Å²) in [5.74, 6) is -1.69. The van der Waals surface area contributed by atoms with Crippen molar-refractivity contribution >= 4 is 40.8 Å². The van der Waals surface area contributed by atoms with E-state index >= 15 is 0 Å². The van der Waals surface area contributed by atoms with Gasteiger partial charge in [0.1, 0.15) is 0 Å². The molecule has 0 aromatic heterocycles. The molecule has 2 rings (SSSR count). The van der Waals surface area contributed by atoms with Crippen LogP contribution in [0.2, 0.25) is 5.02 Å². The zero-order valence-electron chi connectivity index (χ0n) is 15.0. The third-order valence-corrected chi connectivity index (χ3v) is 4.10. The van der Waals surface area contributed by atoms with Crippen molar-refractivity contribution in [3.63, 3.8) is 0 Å². The number of aryl methyl sites for hydroxylation is 2. The van der Waals surface area contributed by atoms with Crippen LogP contribution in [0.1, 0.15) is 21.5 Å². The predicted octanol–water partition coefficient (Wildman–Crippen LogP) is 2.45. The van der Waals surface area contributed by atoms with Gasteiger partial charge in [-0.05, 0) is 43.2 Å². The minimum atomic E-state index is -0.714. The van der Waals surface area contributed by atoms with E-state index in [2.05, 4.69) is 10.6 Å². The van der Waals surface area contributed by atoms with Crippen molar-refractivity contribution in [2.75, 3.05) is 24.2 Å². The lowest BCUT2D eigenvalue weighted by Gasteiger charge is -2.12. The van der Waals surface area contributed by atoms with E-state index < -0.39 is 18.5 Å². The number of nitrogens with one attached hydrogen (secondary N) is 2. The normalized spacial score (nSPS) is 10.2. The van der Waals surface area contributed by atoms with Crippen LogP contribution in [-0.2, 0) is 14.3 Å². The third-order valence-electron chi connectivity index (χ3n) is 3.76. The highest BCUT2D eigenvalue weighted by Gasteiger charge is 2.13. The Morgan fingerprint density at radius 3 is 2.37 bits per heavy atom. The van der Waals surface area contributed by atoms with Crippen LogP contribution in [0.25, 0.3) is 0 Å². The van der Waals surface area contributed by atoms with Gasteiger partial charge in [0.25, 0.3) is 5.91 Å². The molecule has 2 amide bonds. The number of benzene rings is 2. The predicted molar refractivity (Wildman–Crippen MR) is 104 cm³/mol. The fraction of sp³-hybridized carbons (Fsp3) is 0.211. The van der Waals surface area contributed by atoms with Gasteiger partial charge in [-0.25, -0.2) is 4.79 Å². The highest BCUT2D eigenvalue weighted by Crippen LogP contribution is 2.20. The molecule has 0 aliphatic rings. The first-order valence-electron chi connectivity index (χ1n) is 8.13. The molecule has 0 spiro atoms. The van der Waals surface area contributed by atoms with E-state index in [-0.39, 0.29) is 23.7 Å². The molecule has 0 saturated heterocycles. The second-order valence-electron chi connectivity index (χ2n) is 5.90. The lowest BCUT2D eigenvalue weighted by atomic mass is 10.1. The van der Waals surface area contributed by atoms with Crippen molar-refractivity contribution in [1.29, 1.82) is 0 Å². The molecule has 2 aromatic carbocycles. The fourth-order valence-electron chi connectivity index (χ4n) is 2.31. The number of anilines is 2. The average molecular weight is 390 g/mol. The van der Waals surface area contributed by atoms with Gasteiger partial charge in [0.15, 0.2) is 6.61 Å². The number of halogens is 1. The Hall–Kier alpha value is -3.06. The molecule has 0 radical (unpaired) electrons. The van der Waals surface area contributed by atoms with Crippen LogP contribution in [0.5, 0.6) is 0 Å². The van der Waals surface area contributed by atoms with Crippen LogP contribution in [0, 0.1) is 13.8 Å². The first-order chi connectivity index (χ1) is 12.8. The molecule has 0 atom stereocenters. The highest BCUT2D eigenvalue weighted by atomic mass is 35.5. The molecular weight excluding hydrogens is 370 g/mol. The van der Waals surface area contributed by atoms with E-state index in [0.717, 1.165) is 11.1 Å². The molecule has 2 aromatic rings. The lowest BCUT2D eigenvalue weighted by molar-refractivity contribution is -0.126. The Kier molecular flexibility index (Phi) is 6.79. The molecule has 0 saturated carbocycles. The van der Waals surface area contributed by atoms with Gasteiger partial charge in [-0.2, -0.15) is 0 Å². The number of ether oxygens (including phenoxy) is 1. The second-order valence-corrected chi connectivity index (χ2v) is 6.31. The molecule has 7 nitrogen and oxygen atoms in total. The summed E-state index contributed by atoms with van der Waals surface area (Å²) in [5, 5.41) is 5.46. The Bertz CT molecular complexity index is 863. The van der Waals surface area contributed by atoms with Crippen molar-refractivity contribution in [1.82, 2.24) is 5.32 Å². The maximum absolute atomic E-state index is 12.0. The molecule has 0 aliphatic heterocycles. The molecule has 4 N–H and O–H groups in total. The molecule has 0 fully saturated rings. The first kappa shape index (κ1) is 20.3. The van der Waals surface area contributed by atoms with Gasteiger partial charge < -0.3 is 21.1 Å². The monoisotopic (exact) mass is 389 g/mol. The summed E-state index contributed by atoms with van der Waals surface area (Å²) in [6, 6.07) is 9.92. The zero-order chi connectivity index (χ0) is 20.0. The molecule has 0 aliphatic carbocycles. The Labute approximate surface area is 161 Å². The quantitative estimate of drug-likeness (QED) is 0.519. The number of hydrogen-bond acceptors (Lipinski definition) is 5. The summed E-state index contributed by atoms with van der Waals surface area (Å²) in [4.78, 5) is 35.7. The van der Waals surface area contributed by atoms with E-state index in [1.54, 1.807) is 0 Å². The van der Waals surface area contributed by atoms with Crippen LogP contribution < -0.4 is 16.4 Å². The Balaban J connectivity index is 1.79. The fourth-order valence-corrected chi connectivity index (χ4v) is 2.43. The van der Waals surface area contributed by atoms with Crippen LogP contribution in [-0.4, -0.2) is 30.9 Å². The summed E-state index contributed by atoms with van der Waals surface area (Å²) in [6.45, 7) is 3.00. The molecule has 0 unspecified atom stereocenters. The number of nitrogen functional groups attached to an aromatic ring is 1. The number of rotatable bonds is 6. The smallest absolute Gasteiger partial charge is 0.338 e. The van der Waals surface area contributed by atoms with Crippen LogP contribution in [0.4, 0.5) is 11.4 Å². The minimum Gasteiger partial charge on any atom is -0.452 e. The maximum atomic E-state index is 12.0. The van der Waals surface area contributed by atoms with Crippen molar-refractivity contribution in [3.8, 4) is 0 Å². The van der Waals surface area contributed by atoms with E-state index in [1.165, 1.54) is 18.2 Å². The third kappa shape index (κ3) is 5.72. The van der Waals surface area contributed by atoms with Gasteiger partial charge in [-0.15, -0.1) is 0 Å². The average Bonchev–Trinajstić information content (AvgIpc) is 2.63.